The predicted molar refractivity (Wildman–Crippen MR) is 431 cm³/mol. The molecule has 0 rings (SSSR count). The summed E-state index contributed by atoms with van der Waals surface area (Å²) in [5.41, 5.74) is 5.42. The minimum atomic E-state index is -4.41. The number of rotatable bonds is 75. The maximum absolute atomic E-state index is 12.8. The highest BCUT2D eigenvalue weighted by Gasteiger charge is 2.26. The molecule has 10 heteroatoms. The molecule has 9 nitrogen and oxygen atoms in total. The Labute approximate surface area is 610 Å². The Morgan fingerprint density at radius 3 is 0.778 bits per heavy atom. The lowest BCUT2D eigenvalue weighted by molar-refractivity contribution is -0.161. The van der Waals surface area contributed by atoms with Crippen LogP contribution in [0.15, 0.2) is 170 Å². The lowest BCUT2D eigenvalue weighted by Gasteiger charge is -2.19. The van der Waals surface area contributed by atoms with Crippen molar-refractivity contribution in [1.29, 1.82) is 0 Å². The van der Waals surface area contributed by atoms with E-state index in [1.165, 1.54) is 186 Å². The Morgan fingerprint density at radius 2 is 0.525 bits per heavy atom. The third kappa shape index (κ3) is 82.2. The fraction of sp³-hybridized carbons (Fsp3) is 0.663. The van der Waals surface area contributed by atoms with Crippen LogP contribution in [-0.4, -0.2) is 49.3 Å². The number of phosphoric ester groups is 1. The second-order valence-corrected chi connectivity index (χ2v) is 28.0. The number of nitrogens with two attached hydrogens (primary N) is 1. The number of carbonyl (C=O) groups is 2. The summed E-state index contributed by atoms with van der Waals surface area (Å²) in [6.07, 6.45) is 122. The molecule has 0 aromatic carbocycles. The Kier molecular flexibility index (Phi) is 78.5. The van der Waals surface area contributed by atoms with Crippen LogP contribution in [-0.2, 0) is 32.7 Å². The number of unbranched alkanes of at least 4 members (excludes halogenated alkanes) is 34. The van der Waals surface area contributed by atoms with Crippen LogP contribution in [0.4, 0.5) is 0 Å². The third-order valence-electron chi connectivity index (χ3n) is 17.1. The molecule has 0 aliphatic carbocycles. The first-order valence-electron chi connectivity index (χ1n) is 40.6. The second-order valence-electron chi connectivity index (χ2n) is 26.5. The van der Waals surface area contributed by atoms with Gasteiger partial charge in [0.2, 0.25) is 0 Å². The van der Waals surface area contributed by atoms with Crippen LogP contribution >= 0.6 is 7.82 Å². The van der Waals surface area contributed by atoms with Crippen molar-refractivity contribution in [2.75, 3.05) is 26.4 Å². The summed E-state index contributed by atoms with van der Waals surface area (Å²) >= 11 is 0. The van der Waals surface area contributed by atoms with Gasteiger partial charge in [-0.1, -0.05) is 377 Å². The molecule has 0 aliphatic rings. The average molecular weight is 1390 g/mol. The molecule has 0 amide bonds. The number of ether oxygens (including phenoxy) is 2. The quantitative estimate of drug-likeness (QED) is 0.0264. The van der Waals surface area contributed by atoms with Gasteiger partial charge >= 0.3 is 19.8 Å². The molecule has 0 aromatic heterocycles. The second kappa shape index (κ2) is 82.3. The highest BCUT2D eigenvalue weighted by Crippen LogP contribution is 2.43. The summed E-state index contributed by atoms with van der Waals surface area (Å²) in [6, 6.07) is 0. The molecule has 0 bridgehead atoms. The topological polar surface area (TPSA) is 134 Å². The fourth-order valence-electron chi connectivity index (χ4n) is 11.2. The third-order valence-corrected chi connectivity index (χ3v) is 18.1. The van der Waals surface area contributed by atoms with Crippen LogP contribution in [0.25, 0.3) is 0 Å². The monoisotopic (exact) mass is 1390 g/mol. The van der Waals surface area contributed by atoms with Crippen LogP contribution in [0, 0.1) is 0 Å². The van der Waals surface area contributed by atoms with E-state index in [2.05, 4.69) is 184 Å². The van der Waals surface area contributed by atoms with Crippen molar-refractivity contribution in [3.8, 4) is 0 Å². The number of hydrogen-bond acceptors (Lipinski definition) is 8. The molecule has 2 unspecified atom stereocenters. The Morgan fingerprint density at radius 1 is 0.303 bits per heavy atom. The van der Waals surface area contributed by atoms with Crippen molar-refractivity contribution >= 4 is 19.8 Å². The minimum Gasteiger partial charge on any atom is -0.462 e. The van der Waals surface area contributed by atoms with Crippen LogP contribution in [0.2, 0.25) is 0 Å². The van der Waals surface area contributed by atoms with Crippen molar-refractivity contribution in [2.24, 2.45) is 5.73 Å². The van der Waals surface area contributed by atoms with Crippen LogP contribution < -0.4 is 5.73 Å². The molecular formula is C89H150NO8P. The van der Waals surface area contributed by atoms with E-state index in [1.807, 2.05) is 0 Å². The standard InChI is InChI=1S/C89H150NO8P/c1-3-5-7-9-11-13-15-17-19-21-23-25-27-29-31-33-35-37-39-41-43-45-47-49-51-53-55-57-59-61-63-65-67-69-71-73-75-77-79-81-88(91)95-85-87(86-97-99(93,94)96-84-83-90)98-89(92)82-80-78-76-74-72-70-68-66-64-62-60-58-56-54-52-50-48-46-44-42-40-38-36-34-32-30-28-26-24-22-20-18-16-14-12-10-8-6-4-2/h5-8,11-14,17-20,23-26,29-32,35-38,42,44,48,50,87H,3-4,9-10,15-16,21-22,27-28,33-34,39-41,43,45-47,49,51-86,90H2,1-2H3,(H,93,94)/b7-5-,8-6-,13-11-,14-12-,19-17-,20-18-,25-23-,26-24-,31-29-,32-30-,37-35-,38-36-,44-42-,50-48-. The highest BCUT2D eigenvalue weighted by molar-refractivity contribution is 7.47. The number of esters is 2. The molecule has 0 fully saturated rings. The van der Waals surface area contributed by atoms with E-state index in [4.69, 9.17) is 24.3 Å². The first kappa shape index (κ1) is 94.4. The lowest BCUT2D eigenvalue weighted by Crippen LogP contribution is -2.29. The van der Waals surface area contributed by atoms with Crippen molar-refractivity contribution < 1.29 is 37.6 Å². The molecule has 0 saturated heterocycles. The maximum atomic E-state index is 12.8. The summed E-state index contributed by atoms with van der Waals surface area (Å²) in [5.74, 6) is -0.822. The van der Waals surface area contributed by atoms with Crippen LogP contribution in [0.3, 0.4) is 0 Å². The Hall–Kier alpha value is -4.63. The largest absolute Gasteiger partial charge is 0.472 e. The molecule has 0 radical (unpaired) electrons. The van der Waals surface area contributed by atoms with E-state index in [-0.39, 0.29) is 38.6 Å². The SMILES string of the molecule is CC/C=C\C/C=C\C/C=C\C/C=C\C/C=C\C/C=C\C/C=C\C/C=C\CCCCCCCCCCCCCCCCC(=O)OC(COC(=O)CCCCCCCCCCCCCCCCCCCCCC/C=C\C/C=C\C/C=C\C/C=C\C/C=C\C/C=C\CC)COP(=O)(O)OCCN. The van der Waals surface area contributed by atoms with Crippen LogP contribution in [0.5, 0.6) is 0 Å². The number of allylic oxidation sites excluding steroid dienone is 28. The Bertz CT molecular complexity index is 2240. The fourth-order valence-corrected chi connectivity index (χ4v) is 12.0. The molecule has 99 heavy (non-hydrogen) atoms. The van der Waals surface area contributed by atoms with Gasteiger partial charge in [-0.25, -0.2) is 4.57 Å². The van der Waals surface area contributed by atoms with E-state index in [1.54, 1.807) is 0 Å². The van der Waals surface area contributed by atoms with Gasteiger partial charge in [-0.2, -0.15) is 0 Å². The average Bonchev–Trinajstić information content (AvgIpc) is 1.35. The van der Waals surface area contributed by atoms with Crippen molar-refractivity contribution in [2.45, 2.75) is 354 Å². The summed E-state index contributed by atoms with van der Waals surface area (Å²) in [4.78, 5) is 35.5. The first-order chi connectivity index (χ1) is 48.8. The number of hydrogen-bond donors (Lipinski definition) is 2. The summed E-state index contributed by atoms with van der Waals surface area (Å²) < 4.78 is 33.3. The molecule has 0 heterocycles. The van der Waals surface area contributed by atoms with Crippen molar-refractivity contribution in [3.05, 3.63) is 170 Å². The van der Waals surface area contributed by atoms with Gasteiger partial charge in [-0.3, -0.25) is 18.6 Å². The zero-order chi connectivity index (χ0) is 71.5. The van der Waals surface area contributed by atoms with Crippen LogP contribution in [0.1, 0.15) is 348 Å². The zero-order valence-corrected chi connectivity index (χ0v) is 64.6. The summed E-state index contributed by atoms with van der Waals surface area (Å²) in [6.45, 7) is 3.54. The molecule has 0 spiro atoms. The van der Waals surface area contributed by atoms with Gasteiger partial charge in [0.15, 0.2) is 6.10 Å². The van der Waals surface area contributed by atoms with E-state index >= 15 is 0 Å². The van der Waals surface area contributed by atoms with Gasteiger partial charge in [0, 0.05) is 19.4 Å². The summed E-state index contributed by atoms with van der Waals surface area (Å²) in [5, 5.41) is 0. The van der Waals surface area contributed by atoms with E-state index in [9.17, 15) is 19.0 Å². The van der Waals surface area contributed by atoms with Gasteiger partial charge in [0.1, 0.15) is 6.61 Å². The molecule has 3 N–H and O–H groups in total. The molecular weight excluding hydrogens is 1240 g/mol. The van der Waals surface area contributed by atoms with Gasteiger partial charge < -0.3 is 20.1 Å². The first-order valence-corrected chi connectivity index (χ1v) is 42.1. The predicted octanol–water partition coefficient (Wildman–Crippen LogP) is 27.6. The van der Waals surface area contributed by atoms with E-state index in [0.29, 0.717) is 6.42 Å². The number of carbonyl (C=O) groups excluding carboxylic acids is 2. The molecule has 0 aromatic rings. The normalized spacial score (nSPS) is 13.8. The van der Waals surface area contributed by atoms with Crippen molar-refractivity contribution in [1.82, 2.24) is 0 Å². The van der Waals surface area contributed by atoms with Gasteiger partial charge in [-0.15, -0.1) is 0 Å². The molecule has 0 aliphatic heterocycles. The Balaban J connectivity index is 3.84. The van der Waals surface area contributed by atoms with E-state index in [0.717, 1.165) is 128 Å². The van der Waals surface area contributed by atoms with E-state index < -0.39 is 26.5 Å². The van der Waals surface area contributed by atoms with Gasteiger partial charge in [-0.05, 0) is 128 Å². The molecule has 2 atom stereocenters. The van der Waals surface area contributed by atoms with Crippen molar-refractivity contribution in [3.63, 3.8) is 0 Å². The molecule has 0 saturated carbocycles. The smallest absolute Gasteiger partial charge is 0.462 e. The van der Waals surface area contributed by atoms with Gasteiger partial charge in [0.25, 0.3) is 0 Å². The highest BCUT2D eigenvalue weighted by atomic mass is 31.2. The molecule has 564 valence electrons. The lowest BCUT2D eigenvalue weighted by atomic mass is 10.0. The maximum Gasteiger partial charge on any atom is 0.472 e. The number of phosphoric acid groups is 1. The van der Waals surface area contributed by atoms with Gasteiger partial charge in [0.05, 0.1) is 13.2 Å². The zero-order valence-electron chi connectivity index (χ0n) is 63.7. The minimum absolute atomic E-state index is 0.0488. The summed E-state index contributed by atoms with van der Waals surface area (Å²) in [7, 11) is -4.41.